The lowest BCUT2D eigenvalue weighted by molar-refractivity contribution is 0.685. The summed E-state index contributed by atoms with van der Waals surface area (Å²) in [7, 11) is 3.39. The Balaban J connectivity index is 2.21. The first kappa shape index (κ1) is 6.72. The second-order valence-corrected chi connectivity index (χ2v) is 5.95. The standard InChI is InChI=1S/C6H12P2/c1-3-5-6(4-2)7-8-6/h3-5H2,1-2H3. The summed E-state index contributed by atoms with van der Waals surface area (Å²) in [6.07, 6.45) is 4.21. The largest absolute Gasteiger partial charge is 0.0653 e. The van der Waals surface area contributed by atoms with Gasteiger partial charge in [0, 0.05) is 0 Å². The minimum Gasteiger partial charge on any atom is -0.0653 e. The van der Waals surface area contributed by atoms with Crippen LogP contribution in [0.5, 0.6) is 0 Å². The molecular formula is C6H12P2. The molecule has 0 aromatic carbocycles. The Morgan fingerprint density at radius 3 is 2.00 bits per heavy atom. The summed E-state index contributed by atoms with van der Waals surface area (Å²) in [5, 5.41) is 0. The van der Waals surface area contributed by atoms with Crippen LogP contribution in [0.3, 0.4) is 0 Å². The van der Waals surface area contributed by atoms with Gasteiger partial charge in [0.2, 0.25) is 0 Å². The fraction of sp³-hybridized carbons (Fsp3) is 1.00. The van der Waals surface area contributed by atoms with Crippen LogP contribution in [-0.2, 0) is 0 Å². The topological polar surface area (TPSA) is 0 Å². The van der Waals surface area contributed by atoms with E-state index >= 15 is 0 Å². The molecule has 0 unspecified atom stereocenters. The maximum atomic E-state index is 2.31. The minimum atomic E-state index is 0.786. The molecule has 1 rings (SSSR count). The van der Waals surface area contributed by atoms with E-state index in [1.54, 1.807) is 15.7 Å². The van der Waals surface area contributed by atoms with Crippen molar-refractivity contribution in [2.45, 2.75) is 38.0 Å². The van der Waals surface area contributed by atoms with Crippen molar-refractivity contribution < 1.29 is 0 Å². The van der Waals surface area contributed by atoms with Gasteiger partial charge in [0.25, 0.3) is 0 Å². The molecule has 0 spiro atoms. The Hall–Kier alpha value is 0.600. The van der Waals surface area contributed by atoms with E-state index in [0.29, 0.717) is 0 Å². The van der Waals surface area contributed by atoms with E-state index in [2.05, 4.69) is 13.8 Å². The summed E-state index contributed by atoms with van der Waals surface area (Å²) >= 11 is 0. The first-order valence-corrected chi connectivity index (χ1v) is 5.76. The lowest BCUT2D eigenvalue weighted by atomic mass is 10.2. The summed E-state index contributed by atoms with van der Waals surface area (Å²) in [4.78, 5) is 0.786. The van der Waals surface area contributed by atoms with Gasteiger partial charge in [0.15, 0.2) is 0 Å². The molecule has 1 aliphatic rings. The molecule has 0 saturated heterocycles. The third kappa shape index (κ3) is 1.30. The van der Waals surface area contributed by atoms with E-state index in [4.69, 9.17) is 0 Å². The van der Waals surface area contributed by atoms with Gasteiger partial charge in [-0.05, 0) is 12.8 Å². The molecule has 8 heavy (non-hydrogen) atoms. The van der Waals surface area contributed by atoms with E-state index in [1.165, 1.54) is 19.3 Å². The van der Waals surface area contributed by atoms with Gasteiger partial charge in [-0.2, -0.15) is 0 Å². The van der Waals surface area contributed by atoms with Crippen molar-refractivity contribution >= 4 is 15.7 Å². The van der Waals surface area contributed by atoms with Gasteiger partial charge in [-0.3, -0.25) is 0 Å². The highest BCUT2D eigenvalue weighted by atomic mass is 31.8. The lowest BCUT2D eigenvalue weighted by Crippen LogP contribution is -2.00. The van der Waals surface area contributed by atoms with Gasteiger partial charge in [-0.25, -0.2) is 0 Å². The minimum absolute atomic E-state index is 0.786. The van der Waals surface area contributed by atoms with Crippen molar-refractivity contribution in [3.8, 4) is 0 Å². The van der Waals surface area contributed by atoms with Crippen LogP contribution in [0.15, 0.2) is 0 Å². The third-order valence-corrected chi connectivity index (χ3v) is 5.74. The smallest absolute Gasteiger partial charge is 0.0615 e. The van der Waals surface area contributed by atoms with Crippen molar-refractivity contribution in [1.29, 1.82) is 0 Å². The molecule has 0 aromatic heterocycles. The zero-order valence-electron chi connectivity index (χ0n) is 5.52. The second-order valence-electron chi connectivity index (χ2n) is 2.29. The van der Waals surface area contributed by atoms with Gasteiger partial charge in [0.1, 0.15) is 0 Å². The van der Waals surface area contributed by atoms with Gasteiger partial charge in [0.05, 0.1) is 4.90 Å². The Kier molecular flexibility index (Phi) is 2.07. The molecule has 0 radical (unpaired) electrons. The highest BCUT2D eigenvalue weighted by Gasteiger charge is 2.32. The quantitative estimate of drug-likeness (QED) is 0.532. The number of hydrogen-bond donors (Lipinski definition) is 0. The molecule has 1 aliphatic heterocycles. The van der Waals surface area contributed by atoms with E-state index in [9.17, 15) is 0 Å². The van der Waals surface area contributed by atoms with Crippen molar-refractivity contribution in [2.75, 3.05) is 0 Å². The summed E-state index contributed by atoms with van der Waals surface area (Å²) in [6.45, 7) is 4.59. The molecule has 0 saturated carbocycles. The molecule has 0 N–H and O–H groups in total. The van der Waals surface area contributed by atoms with Crippen molar-refractivity contribution in [1.82, 2.24) is 0 Å². The molecule has 46 valence electrons. The average Bonchev–Trinajstić information content (AvgIpc) is 2.50. The fourth-order valence-electron chi connectivity index (χ4n) is 0.889. The van der Waals surface area contributed by atoms with Crippen molar-refractivity contribution in [3.05, 3.63) is 0 Å². The Morgan fingerprint density at radius 2 is 1.88 bits per heavy atom. The number of hydrogen-bond acceptors (Lipinski definition) is 0. The van der Waals surface area contributed by atoms with Crippen LogP contribution in [-0.4, -0.2) is 4.90 Å². The summed E-state index contributed by atoms with van der Waals surface area (Å²) in [6, 6.07) is 0. The first-order chi connectivity index (χ1) is 3.83. The van der Waals surface area contributed by atoms with Crippen LogP contribution in [0.2, 0.25) is 0 Å². The van der Waals surface area contributed by atoms with Crippen LogP contribution >= 0.6 is 15.7 Å². The Bertz CT molecular complexity index is 101. The van der Waals surface area contributed by atoms with E-state index < -0.39 is 0 Å². The maximum Gasteiger partial charge on any atom is 0.0615 e. The zero-order chi connectivity index (χ0) is 6.04. The molecule has 0 amide bonds. The molecule has 0 aromatic rings. The summed E-state index contributed by atoms with van der Waals surface area (Å²) < 4.78 is 0. The van der Waals surface area contributed by atoms with Crippen LogP contribution in [0.1, 0.15) is 33.1 Å². The normalized spacial score (nSPS) is 37.2. The van der Waals surface area contributed by atoms with Crippen LogP contribution < -0.4 is 0 Å². The maximum absolute atomic E-state index is 2.31. The monoisotopic (exact) mass is 146 g/mol. The molecule has 0 nitrogen and oxygen atoms in total. The molecule has 0 fully saturated rings. The molecule has 0 bridgehead atoms. The highest BCUT2D eigenvalue weighted by molar-refractivity contribution is 8.03. The third-order valence-electron chi connectivity index (χ3n) is 1.60. The summed E-state index contributed by atoms with van der Waals surface area (Å²) in [5.74, 6) is 0. The Morgan fingerprint density at radius 1 is 1.25 bits per heavy atom. The first-order valence-electron chi connectivity index (χ1n) is 3.27. The number of rotatable bonds is 3. The summed E-state index contributed by atoms with van der Waals surface area (Å²) in [5.41, 5.74) is 0. The van der Waals surface area contributed by atoms with Gasteiger partial charge >= 0.3 is 0 Å². The van der Waals surface area contributed by atoms with E-state index in [1.807, 2.05) is 0 Å². The highest BCUT2D eigenvalue weighted by Crippen LogP contribution is 2.64. The molecule has 1 heterocycles. The molecular weight excluding hydrogens is 134 g/mol. The molecule has 2 heteroatoms. The SMILES string of the molecule is CCCC1(CC)P=P1. The van der Waals surface area contributed by atoms with Crippen LogP contribution in [0.25, 0.3) is 0 Å². The van der Waals surface area contributed by atoms with E-state index in [0.717, 1.165) is 4.90 Å². The van der Waals surface area contributed by atoms with Gasteiger partial charge in [-0.1, -0.05) is 36.0 Å². The fourth-order valence-corrected chi connectivity index (χ4v) is 3.83. The van der Waals surface area contributed by atoms with E-state index in [-0.39, 0.29) is 0 Å². The van der Waals surface area contributed by atoms with Gasteiger partial charge in [-0.15, -0.1) is 0 Å². The van der Waals surface area contributed by atoms with Crippen LogP contribution in [0, 0.1) is 0 Å². The molecule has 0 aliphatic carbocycles. The predicted molar refractivity (Wildman–Crippen MR) is 41.8 cm³/mol. The van der Waals surface area contributed by atoms with Gasteiger partial charge < -0.3 is 0 Å². The average molecular weight is 146 g/mol. The van der Waals surface area contributed by atoms with Crippen LogP contribution in [0.4, 0.5) is 0 Å². The lowest BCUT2D eigenvalue weighted by Gasteiger charge is -2.06. The zero-order valence-corrected chi connectivity index (χ0v) is 7.30. The Labute approximate surface area is 54.5 Å². The second kappa shape index (κ2) is 2.46. The molecule has 0 atom stereocenters. The van der Waals surface area contributed by atoms with Crippen molar-refractivity contribution in [2.24, 2.45) is 0 Å². The van der Waals surface area contributed by atoms with Crippen molar-refractivity contribution in [3.63, 3.8) is 0 Å². The predicted octanol–water partition coefficient (Wildman–Crippen LogP) is 3.71.